The van der Waals surface area contributed by atoms with Crippen LogP contribution in [-0.4, -0.2) is 28.4 Å². The number of rotatable bonds is 9. The number of carbonyl (C=O) groups is 2. The first-order chi connectivity index (χ1) is 17.2. The topological polar surface area (TPSA) is 90.5 Å². The van der Waals surface area contributed by atoms with Gasteiger partial charge in [-0.1, -0.05) is 19.8 Å². The Bertz CT molecular complexity index is 1230. The van der Waals surface area contributed by atoms with E-state index in [1.807, 2.05) is 6.92 Å². The Hall–Kier alpha value is -3.55. The molecule has 1 saturated carbocycles. The molecule has 1 aromatic carbocycles. The first kappa shape index (κ1) is 25.5. The number of aromatic carboxylic acids is 1. The normalized spacial score (nSPS) is 17.7. The summed E-state index contributed by atoms with van der Waals surface area (Å²) < 4.78 is 30.5. The summed E-state index contributed by atoms with van der Waals surface area (Å²) in [7, 11) is 0. The van der Waals surface area contributed by atoms with Crippen LogP contribution >= 0.6 is 0 Å². The van der Waals surface area contributed by atoms with Gasteiger partial charge in [-0.2, -0.15) is 0 Å². The molecule has 0 radical (unpaired) electrons. The Morgan fingerprint density at radius 1 is 1.14 bits per heavy atom. The number of carboxylic acid groups (broad SMARTS) is 1. The summed E-state index contributed by atoms with van der Waals surface area (Å²) in [5, 5.41) is 22.8. The van der Waals surface area contributed by atoms with Gasteiger partial charge in [0.1, 0.15) is 17.9 Å². The molecule has 2 aliphatic carbocycles. The van der Waals surface area contributed by atoms with E-state index in [2.05, 4.69) is 5.32 Å². The van der Waals surface area contributed by atoms with Crippen molar-refractivity contribution in [1.82, 2.24) is 0 Å². The van der Waals surface area contributed by atoms with E-state index in [0.717, 1.165) is 17.6 Å². The zero-order chi connectivity index (χ0) is 26.0. The molecule has 0 spiro atoms. The van der Waals surface area contributed by atoms with Crippen LogP contribution in [0.2, 0.25) is 0 Å². The van der Waals surface area contributed by atoms with E-state index in [1.165, 1.54) is 37.4 Å². The Labute approximate surface area is 208 Å². The summed E-state index contributed by atoms with van der Waals surface area (Å²) in [6.07, 6.45) is 3.98. The van der Waals surface area contributed by atoms with Gasteiger partial charge in [-0.25, -0.2) is 13.6 Å². The molecule has 6 nitrogen and oxygen atoms in total. The molecule has 0 saturated heterocycles. The Morgan fingerprint density at radius 3 is 2.39 bits per heavy atom. The highest BCUT2D eigenvalue weighted by Gasteiger charge is 2.37. The Morgan fingerprint density at radius 2 is 1.83 bits per heavy atom. The third-order valence-corrected chi connectivity index (χ3v) is 7.04. The monoisotopic (exact) mass is 497 g/mol. The number of aromatic nitrogens is 1. The van der Waals surface area contributed by atoms with E-state index in [4.69, 9.17) is 5.11 Å². The number of nitrogens with zero attached hydrogens (tertiary/aromatic N) is 1. The predicted molar refractivity (Wildman–Crippen MR) is 131 cm³/mol. The molecule has 0 bridgehead atoms. The second-order valence-corrected chi connectivity index (χ2v) is 9.58. The van der Waals surface area contributed by atoms with Crippen LogP contribution in [0.5, 0.6) is 0 Å². The van der Waals surface area contributed by atoms with Gasteiger partial charge in [0.15, 0.2) is 0 Å². The lowest BCUT2D eigenvalue weighted by Crippen LogP contribution is -2.40. The Balaban J connectivity index is 1.65. The molecular formula is C28H31F2N2O4+. The molecule has 1 amide bonds. The molecule has 2 atom stereocenters. The van der Waals surface area contributed by atoms with Gasteiger partial charge in [0.25, 0.3) is 0 Å². The van der Waals surface area contributed by atoms with Crippen LogP contribution < -0.4 is 10.0 Å². The number of pyridine rings is 1. The number of nitrogens with one attached hydrogen (secondary N) is 1. The number of carbonyl (C=O) groups excluding carboxylic acids is 1. The highest BCUT2D eigenvalue weighted by molar-refractivity contribution is 5.96. The summed E-state index contributed by atoms with van der Waals surface area (Å²) in [5.41, 5.74) is 2.44. The molecule has 8 heteroatoms. The smallest absolute Gasteiger partial charge is 0.335 e. The van der Waals surface area contributed by atoms with Crippen LogP contribution in [0.15, 0.2) is 59.6 Å². The molecule has 2 unspecified atom stereocenters. The van der Waals surface area contributed by atoms with Gasteiger partial charge in [-0.3, -0.25) is 10.0 Å². The molecular weight excluding hydrogens is 466 g/mol. The second-order valence-electron chi connectivity index (χ2n) is 9.58. The summed E-state index contributed by atoms with van der Waals surface area (Å²) in [5.74, 6) is -2.15. The summed E-state index contributed by atoms with van der Waals surface area (Å²) in [4.78, 5) is 24.3. The van der Waals surface area contributed by atoms with Crippen molar-refractivity contribution in [1.29, 1.82) is 0 Å². The number of amides is 1. The maximum Gasteiger partial charge on any atom is 0.335 e. The summed E-state index contributed by atoms with van der Waals surface area (Å²) >= 11 is 0. The standard InChI is InChI=1S/C28H30F2N2O4/c1-3-18-8-12-22(16(2)29)25(26(18)30)20-9-13-24(32(36)15-20)23(14-17-4-5-17)27(33)31-21-10-6-19(7-11-21)28(34)35/h6-7,9-11,13,15-17,23H,3-5,8,12,14H2,1-2H3,(H2-,31,33,34,35,36)/p+1. The first-order valence-electron chi connectivity index (χ1n) is 12.3. The van der Waals surface area contributed by atoms with Crippen molar-refractivity contribution in [3.8, 4) is 0 Å². The van der Waals surface area contributed by atoms with E-state index >= 15 is 4.39 Å². The lowest BCUT2D eigenvalue weighted by Gasteiger charge is -2.22. The van der Waals surface area contributed by atoms with Gasteiger partial charge in [-0.15, -0.1) is 0 Å². The zero-order valence-electron chi connectivity index (χ0n) is 20.4. The number of anilines is 1. The molecule has 2 aromatic rings. The summed E-state index contributed by atoms with van der Waals surface area (Å²) in [6, 6.07) is 9.07. The van der Waals surface area contributed by atoms with Crippen LogP contribution in [0.25, 0.3) is 5.57 Å². The van der Waals surface area contributed by atoms with Crippen LogP contribution in [0.1, 0.15) is 79.9 Å². The zero-order valence-corrected chi connectivity index (χ0v) is 20.4. The molecule has 3 N–H and O–H groups in total. The predicted octanol–water partition coefficient (Wildman–Crippen LogP) is 5.97. The minimum absolute atomic E-state index is 0.109. The van der Waals surface area contributed by atoms with Crippen molar-refractivity contribution in [2.75, 3.05) is 5.32 Å². The number of alkyl halides is 1. The Kier molecular flexibility index (Phi) is 7.52. The maximum absolute atomic E-state index is 15.3. The SMILES string of the molecule is CCC1=C(F)C(c2ccc(C(CC3CC3)C(=O)Nc3ccc(C(=O)O)cc3)[n+](O)c2)=C(C(C)F)CC1. The van der Waals surface area contributed by atoms with Crippen molar-refractivity contribution in [2.24, 2.45) is 5.92 Å². The van der Waals surface area contributed by atoms with Crippen LogP contribution in [0.3, 0.4) is 0 Å². The number of hydrogen-bond donors (Lipinski definition) is 3. The van der Waals surface area contributed by atoms with E-state index in [1.54, 1.807) is 12.1 Å². The number of allylic oxidation sites excluding steroid dienone is 4. The number of hydrogen-bond acceptors (Lipinski definition) is 3. The van der Waals surface area contributed by atoms with Crippen LogP contribution in [0, 0.1) is 5.92 Å². The van der Waals surface area contributed by atoms with Gasteiger partial charge < -0.3 is 10.4 Å². The lowest BCUT2D eigenvalue weighted by molar-refractivity contribution is -0.910. The fraction of sp³-hybridized carbons (Fsp3) is 0.393. The molecule has 1 heterocycles. The van der Waals surface area contributed by atoms with Crippen LogP contribution in [0.4, 0.5) is 14.5 Å². The van der Waals surface area contributed by atoms with Gasteiger partial charge >= 0.3 is 5.97 Å². The van der Waals surface area contributed by atoms with E-state index in [0.29, 0.717) is 59.7 Å². The molecule has 0 aliphatic heterocycles. The molecule has 4 rings (SSSR count). The highest BCUT2D eigenvalue weighted by Crippen LogP contribution is 2.41. The molecule has 36 heavy (non-hydrogen) atoms. The van der Waals surface area contributed by atoms with Crippen molar-refractivity contribution in [3.05, 3.63) is 76.4 Å². The third-order valence-electron chi connectivity index (χ3n) is 7.04. The minimum Gasteiger partial charge on any atom is -0.478 e. The van der Waals surface area contributed by atoms with E-state index in [-0.39, 0.29) is 17.0 Å². The van der Waals surface area contributed by atoms with E-state index in [9.17, 15) is 19.2 Å². The second kappa shape index (κ2) is 10.6. The number of benzene rings is 1. The van der Waals surface area contributed by atoms with Crippen molar-refractivity contribution < 1.29 is 33.4 Å². The number of halogens is 2. The molecule has 190 valence electrons. The lowest BCUT2D eigenvalue weighted by atomic mass is 9.85. The van der Waals surface area contributed by atoms with Gasteiger partial charge in [-0.05, 0) is 80.0 Å². The van der Waals surface area contributed by atoms with Crippen molar-refractivity contribution in [2.45, 2.75) is 64.5 Å². The van der Waals surface area contributed by atoms with Crippen molar-refractivity contribution in [3.63, 3.8) is 0 Å². The minimum atomic E-state index is -1.32. The maximum atomic E-state index is 15.3. The van der Waals surface area contributed by atoms with Gasteiger partial charge in [0, 0.05) is 22.1 Å². The summed E-state index contributed by atoms with van der Waals surface area (Å²) in [6.45, 7) is 3.25. The van der Waals surface area contributed by atoms with E-state index < -0.39 is 23.9 Å². The van der Waals surface area contributed by atoms with Gasteiger partial charge in [0.05, 0.1) is 11.1 Å². The quantitative estimate of drug-likeness (QED) is 0.294. The highest BCUT2D eigenvalue weighted by atomic mass is 19.1. The fourth-order valence-electron chi connectivity index (χ4n) is 4.78. The van der Waals surface area contributed by atoms with Crippen molar-refractivity contribution >= 4 is 23.1 Å². The molecule has 2 aliphatic rings. The van der Waals surface area contributed by atoms with Gasteiger partial charge in [0.2, 0.25) is 17.8 Å². The number of carboxylic acids is 1. The largest absolute Gasteiger partial charge is 0.478 e. The first-order valence-corrected chi connectivity index (χ1v) is 12.3. The van der Waals surface area contributed by atoms with Crippen LogP contribution in [-0.2, 0) is 4.79 Å². The average molecular weight is 498 g/mol. The average Bonchev–Trinajstić information content (AvgIpc) is 3.67. The molecule has 1 aromatic heterocycles. The third kappa shape index (κ3) is 5.48. The fourth-order valence-corrected chi connectivity index (χ4v) is 4.78. The molecule has 1 fully saturated rings.